The van der Waals surface area contributed by atoms with E-state index in [0.717, 1.165) is 4.88 Å². The van der Waals surface area contributed by atoms with E-state index in [-0.39, 0.29) is 18.2 Å². The maximum absolute atomic E-state index is 12.2. The van der Waals surface area contributed by atoms with Crippen LogP contribution in [-0.2, 0) is 16.0 Å². The largest absolute Gasteiger partial charge is 0.469 e. The second kappa shape index (κ2) is 5.99. The van der Waals surface area contributed by atoms with Gasteiger partial charge in [0.1, 0.15) is 0 Å². The second-order valence-corrected chi connectivity index (χ2v) is 5.40. The van der Waals surface area contributed by atoms with Crippen LogP contribution in [0.2, 0.25) is 5.02 Å². The number of hydrogen-bond donors (Lipinski definition) is 0. The lowest BCUT2D eigenvalue weighted by Gasteiger charge is -2.00. The third kappa shape index (κ3) is 3.22. The highest BCUT2D eigenvalue weighted by Crippen LogP contribution is 2.24. The zero-order valence-corrected chi connectivity index (χ0v) is 11.8. The topological polar surface area (TPSA) is 43.4 Å². The Kier molecular flexibility index (Phi) is 4.35. The number of carbonyl (C=O) groups excluding carboxylic acids is 2. The zero-order valence-electron chi connectivity index (χ0n) is 10.2. The number of ether oxygens (including phenoxy) is 1. The summed E-state index contributed by atoms with van der Waals surface area (Å²) in [4.78, 5) is 24.8. The highest BCUT2D eigenvalue weighted by atomic mass is 35.5. The molecule has 19 heavy (non-hydrogen) atoms. The van der Waals surface area contributed by atoms with Crippen molar-refractivity contribution in [2.24, 2.45) is 0 Å². The Bertz CT molecular complexity index is 619. The monoisotopic (exact) mass is 294 g/mol. The van der Waals surface area contributed by atoms with Crippen molar-refractivity contribution in [1.82, 2.24) is 0 Å². The number of methoxy groups -OCH3 is 1. The van der Waals surface area contributed by atoms with Crippen LogP contribution in [0.15, 0.2) is 36.4 Å². The van der Waals surface area contributed by atoms with Crippen LogP contribution >= 0.6 is 22.9 Å². The Morgan fingerprint density at radius 3 is 2.63 bits per heavy atom. The molecule has 5 heteroatoms. The third-order valence-electron chi connectivity index (χ3n) is 2.55. The van der Waals surface area contributed by atoms with E-state index < -0.39 is 0 Å². The molecule has 0 atom stereocenters. The summed E-state index contributed by atoms with van der Waals surface area (Å²) in [5, 5.41) is 0.426. The molecule has 0 N–H and O–H groups in total. The highest BCUT2D eigenvalue weighted by molar-refractivity contribution is 7.14. The lowest BCUT2D eigenvalue weighted by molar-refractivity contribution is -0.139. The predicted octanol–water partition coefficient (Wildman–Crippen LogP) is 3.35. The van der Waals surface area contributed by atoms with E-state index in [1.807, 2.05) is 0 Å². The first-order valence-corrected chi connectivity index (χ1v) is 6.76. The van der Waals surface area contributed by atoms with Crippen LogP contribution < -0.4 is 0 Å². The molecule has 0 radical (unpaired) electrons. The summed E-state index contributed by atoms with van der Waals surface area (Å²) in [6.07, 6.45) is 0.178. The Labute approximate surface area is 119 Å². The summed E-state index contributed by atoms with van der Waals surface area (Å²) in [6.45, 7) is 0. The van der Waals surface area contributed by atoms with Gasteiger partial charge in [0, 0.05) is 10.4 Å². The summed E-state index contributed by atoms with van der Waals surface area (Å²) in [7, 11) is 1.34. The molecule has 98 valence electrons. The molecular formula is C14H11ClO3S. The first-order valence-electron chi connectivity index (χ1n) is 5.56. The van der Waals surface area contributed by atoms with Crippen LogP contribution in [0.3, 0.4) is 0 Å². The quantitative estimate of drug-likeness (QED) is 0.641. The maximum atomic E-state index is 12.2. The van der Waals surface area contributed by atoms with Crippen molar-refractivity contribution in [2.45, 2.75) is 6.42 Å². The molecular weight excluding hydrogens is 284 g/mol. The van der Waals surface area contributed by atoms with E-state index in [2.05, 4.69) is 4.74 Å². The number of halogens is 1. The van der Waals surface area contributed by atoms with Crippen LogP contribution in [0.4, 0.5) is 0 Å². The lowest BCUT2D eigenvalue weighted by atomic mass is 10.1. The van der Waals surface area contributed by atoms with Gasteiger partial charge in [-0.25, -0.2) is 0 Å². The zero-order chi connectivity index (χ0) is 13.8. The number of rotatable bonds is 4. The molecule has 2 aromatic rings. The molecule has 0 spiro atoms. The van der Waals surface area contributed by atoms with Crippen molar-refractivity contribution in [1.29, 1.82) is 0 Å². The van der Waals surface area contributed by atoms with E-state index in [4.69, 9.17) is 11.6 Å². The molecule has 0 amide bonds. The van der Waals surface area contributed by atoms with Crippen molar-refractivity contribution in [2.75, 3.05) is 7.11 Å². The van der Waals surface area contributed by atoms with E-state index in [9.17, 15) is 9.59 Å². The van der Waals surface area contributed by atoms with Gasteiger partial charge in [-0.2, -0.15) is 0 Å². The molecule has 0 unspecified atom stereocenters. The van der Waals surface area contributed by atoms with Gasteiger partial charge >= 0.3 is 5.97 Å². The van der Waals surface area contributed by atoms with Crippen LogP contribution in [-0.4, -0.2) is 18.9 Å². The molecule has 2 rings (SSSR count). The number of carbonyl (C=O) groups is 2. The average Bonchev–Trinajstić information content (AvgIpc) is 2.87. The molecule has 3 nitrogen and oxygen atoms in total. The molecule has 0 saturated carbocycles. The molecule has 0 fully saturated rings. The molecule has 0 bridgehead atoms. The normalized spacial score (nSPS) is 10.2. The van der Waals surface area contributed by atoms with Gasteiger partial charge in [0.05, 0.1) is 23.4 Å². The molecule has 1 aromatic carbocycles. The minimum absolute atomic E-state index is 0.133. The molecule has 1 heterocycles. The van der Waals surface area contributed by atoms with Crippen LogP contribution in [0.1, 0.15) is 20.1 Å². The van der Waals surface area contributed by atoms with Gasteiger partial charge in [-0.15, -0.1) is 11.3 Å². The van der Waals surface area contributed by atoms with Crippen LogP contribution in [0, 0.1) is 0 Å². The fourth-order valence-electron chi connectivity index (χ4n) is 1.59. The smallest absolute Gasteiger partial charge is 0.310 e. The lowest BCUT2D eigenvalue weighted by Crippen LogP contribution is -2.02. The SMILES string of the molecule is COC(=O)Cc1ccc(C(=O)c2ccccc2Cl)s1. The number of hydrogen-bond acceptors (Lipinski definition) is 4. The first-order chi connectivity index (χ1) is 9.11. The fourth-order valence-corrected chi connectivity index (χ4v) is 2.76. The fraction of sp³-hybridized carbons (Fsp3) is 0.143. The number of ketones is 1. The number of thiophene rings is 1. The van der Waals surface area contributed by atoms with E-state index in [1.165, 1.54) is 18.4 Å². The van der Waals surface area contributed by atoms with Crippen molar-refractivity contribution in [3.8, 4) is 0 Å². The molecule has 0 aliphatic heterocycles. The standard InChI is InChI=1S/C14H11ClO3S/c1-18-13(16)8-9-6-7-12(19-9)14(17)10-4-2-3-5-11(10)15/h2-7H,8H2,1H3. The van der Waals surface area contributed by atoms with Crippen LogP contribution in [0.5, 0.6) is 0 Å². The summed E-state index contributed by atoms with van der Waals surface area (Å²) in [6, 6.07) is 10.4. The van der Waals surface area contributed by atoms with Gasteiger partial charge < -0.3 is 4.74 Å². The van der Waals surface area contributed by atoms with E-state index >= 15 is 0 Å². The Hall–Kier alpha value is -1.65. The number of benzene rings is 1. The second-order valence-electron chi connectivity index (χ2n) is 3.83. The highest BCUT2D eigenvalue weighted by Gasteiger charge is 2.15. The van der Waals surface area contributed by atoms with Gasteiger partial charge in [-0.05, 0) is 24.3 Å². The minimum Gasteiger partial charge on any atom is -0.469 e. The maximum Gasteiger partial charge on any atom is 0.310 e. The first kappa shape index (κ1) is 13.8. The van der Waals surface area contributed by atoms with Gasteiger partial charge in [-0.1, -0.05) is 23.7 Å². The van der Waals surface area contributed by atoms with Crippen molar-refractivity contribution in [3.05, 3.63) is 56.7 Å². The van der Waals surface area contributed by atoms with Crippen LogP contribution in [0.25, 0.3) is 0 Å². The van der Waals surface area contributed by atoms with Gasteiger partial charge in [-0.3, -0.25) is 9.59 Å². The third-order valence-corrected chi connectivity index (χ3v) is 3.96. The predicted molar refractivity (Wildman–Crippen MR) is 74.9 cm³/mol. The summed E-state index contributed by atoms with van der Waals surface area (Å²) in [5.41, 5.74) is 0.468. The van der Waals surface area contributed by atoms with Gasteiger partial charge in [0.15, 0.2) is 0 Å². The molecule has 1 aromatic heterocycles. The molecule has 0 aliphatic rings. The van der Waals surface area contributed by atoms with Gasteiger partial charge in [0.25, 0.3) is 0 Å². The average molecular weight is 295 g/mol. The van der Waals surface area contributed by atoms with Gasteiger partial charge in [0.2, 0.25) is 5.78 Å². The molecule has 0 saturated heterocycles. The minimum atomic E-state index is -0.321. The molecule has 0 aliphatic carbocycles. The van der Waals surface area contributed by atoms with Crippen molar-refractivity contribution in [3.63, 3.8) is 0 Å². The number of esters is 1. The van der Waals surface area contributed by atoms with E-state index in [1.54, 1.807) is 36.4 Å². The Morgan fingerprint density at radius 1 is 1.21 bits per heavy atom. The summed E-state index contributed by atoms with van der Waals surface area (Å²) >= 11 is 7.27. The Balaban J connectivity index is 2.21. The Morgan fingerprint density at radius 2 is 1.95 bits per heavy atom. The van der Waals surface area contributed by atoms with Crippen molar-refractivity contribution < 1.29 is 14.3 Å². The summed E-state index contributed by atoms with van der Waals surface area (Å²) < 4.78 is 4.59. The summed E-state index contributed by atoms with van der Waals surface area (Å²) in [5.74, 6) is -0.453. The van der Waals surface area contributed by atoms with Crippen molar-refractivity contribution >= 4 is 34.7 Å². The van der Waals surface area contributed by atoms with E-state index in [0.29, 0.717) is 15.5 Å².